The quantitative estimate of drug-likeness (QED) is 0.924. The molecule has 2 amide bonds. The fourth-order valence-electron chi connectivity index (χ4n) is 4.48. The third kappa shape index (κ3) is 2.41. The number of carbonyl (C=O) groups excluding carboxylic acids is 1. The zero-order valence-electron chi connectivity index (χ0n) is 14.7. The van der Waals surface area contributed by atoms with Gasteiger partial charge < -0.3 is 19.7 Å². The Morgan fingerprint density at radius 1 is 1.21 bits per heavy atom. The third-order valence-electron chi connectivity index (χ3n) is 5.62. The van der Waals surface area contributed by atoms with Crippen molar-refractivity contribution in [2.75, 3.05) is 13.7 Å². The molecule has 2 heterocycles. The largest absolute Gasteiger partial charge is 0.493 e. The molecule has 0 radical (unpaired) electrons. The van der Waals surface area contributed by atoms with Crippen LogP contribution < -0.4 is 14.8 Å². The molecular weight excluding hydrogens is 304 g/mol. The lowest BCUT2D eigenvalue weighted by Gasteiger charge is -2.37. The van der Waals surface area contributed by atoms with Gasteiger partial charge in [-0.3, -0.25) is 0 Å². The molecule has 3 aliphatic rings. The summed E-state index contributed by atoms with van der Waals surface area (Å²) in [5.74, 6) is 1.63. The standard InChI is InChI=1S/C19H26N2O3/c1-19(2)17-14-11-16(24-13-6-4-5-7-13)15(23-3)10-12(14)8-9-21(17)18(22)20-19/h10-11,13,17H,4-9H2,1-3H3,(H,20,22). The Bertz CT molecular complexity index is 665. The van der Waals surface area contributed by atoms with Crippen LogP contribution in [-0.2, 0) is 6.42 Å². The topological polar surface area (TPSA) is 50.8 Å². The highest BCUT2D eigenvalue weighted by atomic mass is 16.5. The van der Waals surface area contributed by atoms with Crippen LogP contribution in [0.4, 0.5) is 4.79 Å². The normalized spacial score (nSPS) is 25.2. The van der Waals surface area contributed by atoms with E-state index in [2.05, 4.69) is 31.3 Å². The van der Waals surface area contributed by atoms with Crippen molar-refractivity contribution < 1.29 is 14.3 Å². The van der Waals surface area contributed by atoms with Crippen molar-refractivity contribution in [3.05, 3.63) is 23.3 Å². The maximum Gasteiger partial charge on any atom is 0.318 e. The maximum atomic E-state index is 12.3. The molecule has 1 aromatic carbocycles. The number of ether oxygens (including phenoxy) is 2. The number of fused-ring (bicyclic) bond motifs is 3. The first-order valence-electron chi connectivity index (χ1n) is 8.96. The summed E-state index contributed by atoms with van der Waals surface area (Å²) in [5, 5.41) is 3.11. The van der Waals surface area contributed by atoms with Crippen molar-refractivity contribution in [2.24, 2.45) is 0 Å². The summed E-state index contributed by atoms with van der Waals surface area (Å²) in [6.07, 6.45) is 5.84. The molecule has 1 saturated carbocycles. The Labute approximate surface area is 143 Å². The molecule has 1 atom stereocenters. The van der Waals surface area contributed by atoms with Gasteiger partial charge in [-0.05, 0) is 69.2 Å². The predicted octanol–water partition coefficient (Wildman–Crippen LogP) is 3.42. The van der Waals surface area contributed by atoms with Gasteiger partial charge in [0.1, 0.15) is 0 Å². The molecule has 0 bridgehead atoms. The fraction of sp³-hybridized carbons (Fsp3) is 0.632. The van der Waals surface area contributed by atoms with Gasteiger partial charge in [-0.2, -0.15) is 0 Å². The Morgan fingerprint density at radius 2 is 1.96 bits per heavy atom. The Balaban J connectivity index is 1.74. The molecule has 130 valence electrons. The van der Waals surface area contributed by atoms with Gasteiger partial charge in [0.05, 0.1) is 24.8 Å². The van der Waals surface area contributed by atoms with Crippen LogP contribution in [0.15, 0.2) is 12.1 Å². The Kier molecular flexibility index (Phi) is 3.62. The van der Waals surface area contributed by atoms with Crippen molar-refractivity contribution in [1.82, 2.24) is 10.2 Å². The van der Waals surface area contributed by atoms with Crippen LogP contribution in [0, 0.1) is 0 Å². The van der Waals surface area contributed by atoms with Crippen molar-refractivity contribution in [1.29, 1.82) is 0 Å². The van der Waals surface area contributed by atoms with Gasteiger partial charge >= 0.3 is 6.03 Å². The van der Waals surface area contributed by atoms with Crippen LogP contribution in [0.5, 0.6) is 11.5 Å². The van der Waals surface area contributed by atoms with Gasteiger partial charge in [0.15, 0.2) is 11.5 Å². The molecule has 4 rings (SSSR count). The van der Waals surface area contributed by atoms with E-state index in [9.17, 15) is 4.79 Å². The highest BCUT2D eigenvalue weighted by Gasteiger charge is 2.48. The molecular formula is C19H26N2O3. The Hall–Kier alpha value is -1.91. The highest BCUT2D eigenvalue weighted by molar-refractivity contribution is 5.79. The molecule has 5 heteroatoms. The summed E-state index contributed by atoms with van der Waals surface area (Å²) >= 11 is 0. The molecule has 0 aromatic heterocycles. The minimum absolute atomic E-state index is 0.0322. The molecule has 1 N–H and O–H groups in total. The summed E-state index contributed by atoms with van der Waals surface area (Å²) in [4.78, 5) is 14.2. The summed E-state index contributed by atoms with van der Waals surface area (Å²) < 4.78 is 11.8. The molecule has 1 saturated heterocycles. The molecule has 0 spiro atoms. The van der Waals surface area contributed by atoms with Gasteiger partial charge in [0, 0.05) is 6.54 Å². The first kappa shape index (κ1) is 15.6. The molecule has 1 unspecified atom stereocenters. The van der Waals surface area contributed by atoms with Crippen LogP contribution in [-0.4, -0.2) is 36.2 Å². The third-order valence-corrected chi connectivity index (χ3v) is 5.62. The lowest BCUT2D eigenvalue weighted by molar-refractivity contribution is 0.186. The minimum atomic E-state index is -0.286. The summed E-state index contributed by atoms with van der Waals surface area (Å²) in [6.45, 7) is 4.93. The number of hydrogen-bond acceptors (Lipinski definition) is 3. The van der Waals surface area contributed by atoms with Crippen molar-refractivity contribution in [2.45, 2.75) is 63.6 Å². The number of amides is 2. The first-order valence-corrected chi connectivity index (χ1v) is 8.96. The number of carbonyl (C=O) groups is 1. The van der Waals surface area contributed by atoms with Crippen LogP contribution >= 0.6 is 0 Å². The number of benzene rings is 1. The van der Waals surface area contributed by atoms with E-state index in [4.69, 9.17) is 9.47 Å². The van der Waals surface area contributed by atoms with E-state index in [-0.39, 0.29) is 23.7 Å². The first-order chi connectivity index (χ1) is 11.5. The zero-order valence-corrected chi connectivity index (χ0v) is 14.7. The van der Waals surface area contributed by atoms with Crippen molar-refractivity contribution in [3.8, 4) is 11.5 Å². The number of hydrogen-bond donors (Lipinski definition) is 1. The summed E-state index contributed by atoms with van der Waals surface area (Å²) in [5.41, 5.74) is 2.17. The lowest BCUT2D eigenvalue weighted by atomic mass is 9.83. The fourth-order valence-corrected chi connectivity index (χ4v) is 4.48. The number of urea groups is 1. The van der Waals surface area contributed by atoms with E-state index in [0.717, 1.165) is 37.3 Å². The van der Waals surface area contributed by atoms with E-state index in [1.165, 1.54) is 24.0 Å². The second-order valence-electron chi connectivity index (χ2n) is 7.72. The number of methoxy groups -OCH3 is 1. The van der Waals surface area contributed by atoms with Crippen LogP contribution in [0.2, 0.25) is 0 Å². The Morgan fingerprint density at radius 3 is 2.67 bits per heavy atom. The van der Waals surface area contributed by atoms with Gasteiger partial charge in [-0.1, -0.05) is 0 Å². The van der Waals surface area contributed by atoms with Gasteiger partial charge in [0.25, 0.3) is 0 Å². The second kappa shape index (κ2) is 5.57. The van der Waals surface area contributed by atoms with E-state index < -0.39 is 0 Å². The maximum absolute atomic E-state index is 12.3. The number of rotatable bonds is 3. The van der Waals surface area contributed by atoms with Crippen molar-refractivity contribution >= 4 is 6.03 Å². The van der Waals surface area contributed by atoms with Crippen LogP contribution in [0.25, 0.3) is 0 Å². The molecule has 24 heavy (non-hydrogen) atoms. The zero-order chi connectivity index (χ0) is 16.9. The van der Waals surface area contributed by atoms with E-state index in [1.54, 1.807) is 7.11 Å². The van der Waals surface area contributed by atoms with Gasteiger partial charge in [-0.25, -0.2) is 4.79 Å². The second-order valence-corrected chi connectivity index (χ2v) is 7.72. The van der Waals surface area contributed by atoms with E-state index in [0.29, 0.717) is 0 Å². The van der Waals surface area contributed by atoms with Crippen molar-refractivity contribution in [3.63, 3.8) is 0 Å². The smallest absolute Gasteiger partial charge is 0.318 e. The SMILES string of the molecule is COc1cc2c(cc1OC1CCCC1)C1N(CC2)C(=O)NC1(C)C. The molecule has 1 aliphatic carbocycles. The van der Waals surface area contributed by atoms with Gasteiger partial charge in [0.2, 0.25) is 0 Å². The molecule has 1 aromatic rings. The molecule has 2 fully saturated rings. The number of nitrogens with one attached hydrogen (secondary N) is 1. The predicted molar refractivity (Wildman–Crippen MR) is 91.6 cm³/mol. The van der Waals surface area contributed by atoms with E-state index in [1.807, 2.05) is 4.90 Å². The number of nitrogens with zero attached hydrogens (tertiary/aromatic N) is 1. The minimum Gasteiger partial charge on any atom is -0.493 e. The average Bonchev–Trinajstić information content (AvgIpc) is 3.13. The lowest BCUT2D eigenvalue weighted by Crippen LogP contribution is -2.40. The monoisotopic (exact) mass is 330 g/mol. The molecule has 5 nitrogen and oxygen atoms in total. The van der Waals surface area contributed by atoms with E-state index >= 15 is 0 Å². The molecule has 2 aliphatic heterocycles. The van der Waals surface area contributed by atoms with Crippen LogP contribution in [0.3, 0.4) is 0 Å². The van der Waals surface area contributed by atoms with Gasteiger partial charge in [-0.15, -0.1) is 0 Å². The average molecular weight is 330 g/mol. The summed E-state index contributed by atoms with van der Waals surface area (Å²) in [6, 6.07) is 4.30. The highest BCUT2D eigenvalue weighted by Crippen LogP contribution is 2.45. The van der Waals surface area contributed by atoms with Crippen LogP contribution in [0.1, 0.15) is 56.7 Å². The summed E-state index contributed by atoms with van der Waals surface area (Å²) in [7, 11) is 1.70.